The van der Waals surface area contributed by atoms with Gasteiger partial charge in [0.2, 0.25) is 0 Å². The number of nitrogens with zero attached hydrogens (tertiary/aromatic N) is 3. The van der Waals surface area contributed by atoms with Gasteiger partial charge in [-0.1, -0.05) is 35.9 Å². The Balaban J connectivity index is 1.45. The van der Waals surface area contributed by atoms with Crippen LogP contribution in [0, 0.1) is 5.82 Å². The fourth-order valence-corrected chi connectivity index (χ4v) is 4.14. The Labute approximate surface area is 210 Å². The Bertz CT molecular complexity index is 1440. The maximum absolute atomic E-state index is 14.3. The number of benzene rings is 2. The number of aliphatic hydroxyl groups excluding tert-OH is 1. The molecule has 4 aromatic rings. The molecule has 1 fully saturated rings. The molecule has 1 aliphatic carbocycles. The molecule has 0 atom stereocenters. The molecule has 182 valence electrons. The van der Waals surface area contributed by atoms with E-state index in [-0.39, 0.29) is 33.8 Å². The maximum Gasteiger partial charge on any atom is 0.272 e. The van der Waals surface area contributed by atoms with Crippen LogP contribution in [-0.4, -0.2) is 43.8 Å². The zero-order chi connectivity index (χ0) is 25.2. The monoisotopic (exact) mass is 505 g/mol. The lowest BCUT2D eigenvalue weighted by atomic mass is 9.89. The number of para-hydroxylation sites is 1. The van der Waals surface area contributed by atoms with E-state index < -0.39 is 23.7 Å². The lowest BCUT2D eigenvalue weighted by Gasteiger charge is -2.31. The number of hydrogen-bond donors (Lipinski definition) is 3. The molecule has 0 radical (unpaired) electrons. The summed E-state index contributed by atoms with van der Waals surface area (Å²) in [5.41, 5.74) is 1.32. The zero-order valence-electron chi connectivity index (χ0n) is 18.9. The Morgan fingerprint density at radius 3 is 2.53 bits per heavy atom. The molecule has 5 rings (SSSR count). The first kappa shape index (κ1) is 23.7. The van der Waals surface area contributed by atoms with Gasteiger partial charge in [0.25, 0.3) is 11.8 Å². The summed E-state index contributed by atoms with van der Waals surface area (Å²) in [6, 6.07) is 17.7. The number of carbonyl (C=O) groups is 2. The molecule has 0 spiro atoms. The highest BCUT2D eigenvalue weighted by molar-refractivity contribution is 6.34. The van der Waals surface area contributed by atoms with Crippen molar-refractivity contribution in [1.82, 2.24) is 20.1 Å². The van der Waals surface area contributed by atoms with Crippen LogP contribution in [0.1, 0.15) is 33.7 Å². The van der Waals surface area contributed by atoms with Gasteiger partial charge in [-0.05, 0) is 49.2 Å². The van der Waals surface area contributed by atoms with Gasteiger partial charge in [0.05, 0.1) is 22.4 Å². The second-order valence-electron chi connectivity index (χ2n) is 8.44. The van der Waals surface area contributed by atoms with Crippen molar-refractivity contribution >= 4 is 29.2 Å². The summed E-state index contributed by atoms with van der Waals surface area (Å²) < 4.78 is 15.7. The molecule has 8 nitrogen and oxygen atoms in total. The fraction of sp³-hybridized carbons (Fsp3) is 0.154. The van der Waals surface area contributed by atoms with Crippen LogP contribution in [0.3, 0.4) is 0 Å². The number of aromatic nitrogens is 3. The quantitative estimate of drug-likeness (QED) is 0.363. The number of nitrogens with one attached hydrogen (secondary N) is 2. The minimum Gasteiger partial charge on any atom is -0.393 e. The zero-order valence-corrected chi connectivity index (χ0v) is 19.6. The summed E-state index contributed by atoms with van der Waals surface area (Å²) >= 11 is 6.31. The summed E-state index contributed by atoms with van der Waals surface area (Å²) in [7, 11) is 0. The van der Waals surface area contributed by atoms with E-state index in [1.807, 2.05) is 6.07 Å². The molecule has 1 saturated carbocycles. The maximum atomic E-state index is 14.3. The third-order valence-electron chi connectivity index (χ3n) is 5.88. The summed E-state index contributed by atoms with van der Waals surface area (Å²) in [6.07, 6.45) is 2.02. The second kappa shape index (κ2) is 9.88. The van der Waals surface area contributed by atoms with Crippen molar-refractivity contribution in [3.05, 3.63) is 95.0 Å². The Morgan fingerprint density at radius 1 is 1.03 bits per heavy atom. The van der Waals surface area contributed by atoms with Crippen LogP contribution < -0.4 is 10.6 Å². The summed E-state index contributed by atoms with van der Waals surface area (Å²) in [6.45, 7) is 0. The number of halogens is 2. The fourth-order valence-electron chi connectivity index (χ4n) is 3.94. The van der Waals surface area contributed by atoms with E-state index in [9.17, 15) is 19.1 Å². The summed E-state index contributed by atoms with van der Waals surface area (Å²) in [5.74, 6) is -1.26. The smallest absolute Gasteiger partial charge is 0.272 e. The molecule has 3 N–H and O–H groups in total. The Kier molecular flexibility index (Phi) is 6.49. The lowest BCUT2D eigenvalue weighted by molar-refractivity contribution is 0.0560. The van der Waals surface area contributed by atoms with E-state index in [0.29, 0.717) is 24.1 Å². The molecule has 1 aliphatic rings. The van der Waals surface area contributed by atoms with Crippen molar-refractivity contribution in [1.29, 1.82) is 0 Å². The molecular weight excluding hydrogens is 485 g/mol. The van der Waals surface area contributed by atoms with Crippen molar-refractivity contribution < 1.29 is 19.1 Å². The standard InChI is InChI=1S/C26H21ClFN5O3/c27-20-9-8-15(24-21(28)7-4-10-29-24)11-19(20)25(35)31-23-14-22(26(36)30-16-12-18(34)13-16)32-33(23)17-5-2-1-3-6-17/h1-11,14,16,18,34H,12-13H2,(H,30,36)(H,31,35). The molecule has 0 aliphatic heterocycles. The van der Waals surface area contributed by atoms with Crippen molar-refractivity contribution in [2.45, 2.75) is 25.0 Å². The minimum atomic E-state index is -0.565. The van der Waals surface area contributed by atoms with Crippen LogP contribution in [-0.2, 0) is 0 Å². The Morgan fingerprint density at radius 2 is 1.81 bits per heavy atom. The van der Waals surface area contributed by atoms with Crippen molar-refractivity contribution in [2.75, 3.05) is 5.32 Å². The van der Waals surface area contributed by atoms with Crippen LogP contribution in [0.5, 0.6) is 0 Å². The van der Waals surface area contributed by atoms with Crippen molar-refractivity contribution in [2.24, 2.45) is 0 Å². The largest absolute Gasteiger partial charge is 0.393 e. The van der Waals surface area contributed by atoms with E-state index in [4.69, 9.17) is 11.6 Å². The average molecular weight is 506 g/mol. The normalized spacial score (nSPS) is 16.8. The van der Waals surface area contributed by atoms with Crippen LogP contribution in [0.25, 0.3) is 16.9 Å². The SMILES string of the molecule is O=C(NC1CC(O)C1)c1cc(NC(=O)c2cc(-c3ncccc3F)ccc2Cl)n(-c2ccccc2)n1. The molecule has 2 aromatic carbocycles. The Hall–Kier alpha value is -4.08. The van der Waals surface area contributed by atoms with Crippen LogP contribution in [0.4, 0.5) is 10.2 Å². The van der Waals surface area contributed by atoms with Gasteiger partial charge in [-0.15, -0.1) is 0 Å². The first-order chi connectivity index (χ1) is 17.4. The highest BCUT2D eigenvalue weighted by Gasteiger charge is 2.29. The number of hydrogen-bond acceptors (Lipinski definition) is 5. The molecule has 2 amide bonds. The van der Waals surface area contributed by atoms with Gasteiger partial charge in [0, 0.05) is 23.9 Å². The lowest BCUT2D eigenvalue weighted by Crippen LogP contribution is -2.46. The minimum absolute atomic E-state index is 0.0950. The van der Waals surface area contributed by atoms with E-state index in [1.54, 1.807) is 30.3 Å². The van der Waals surface area contributed by atoms with Gasteiger partial charge in [0.15, 0.2) is 5.69 Å². The van der Waals surface area contributed by atoms with Gasteiger partial charge in [0.1, 0.15) is 17.3 Å². The molecule has 2 heterocycles. The van der Waals surface area contributed by atoms with E-state index in [0.717, 1.165) is 0 Å². The molecule has 0 saturated heterocycles. The van der Waals surface area contributed by atoms with Crippen molar-refractivity contribution in [3.63, 3.8) is 0 Å². The topological polar surface area (TPSA) is 109 Å². The van der Waals surface area contributed by atoms with E-state index in [2.05, 4.69) is 20.7 Å². The van der Waals surface area contributed by atoms with Crippen LogP contribution >= 0.6 is 11.6 Å². The van der Waals surface area contributed by atoms with Crippen LogP contribution in [0.2, 0.25) is 5.02 Å². The number of rotatable bonds is 6. The molecule has 36 heavy (non-hydrogen) atoms. The summed E-state index contributed by atoms with van der Waals surface area (Å²) in [5, 5.41) is 19.6. The highest BCUT2D eigenvalue weighted by Crippen LogP contribution is 2.27. The van der Waals surface area contributed by atoms with Gasteiger partial charge in [-0.25, -0.2) is 9.07 Å². The van der Waals surface area contributed by atoms with Crippen molar-refractivity contribution in [3.8, 4) is 16.9 Å². The number of anilines is 1. The third-order valence-corrected chi connectivity index (χ3v) is 6.21. The molecule has 0 unspecified atom stereocenters. The average Bonchev–Trinajstić information content (AvgIpc) is 3.28. The number of pyridine rings is 1. The first-order valence-corrected chi connectivity index (χ1v) is 11.6. The second-order valence-corrected chi connectivity index (χ2v) is 8.85. The van der Waals surface area contributed by atoms with Gasteiger partial charge in [-0.2, -0.15) is 5.10 Å². The molecule has 2 aromatic heterocycles. The van der Waals surface area contributed by atoms with E-state index >= 15 is 0 Å². The highest BCUT2D eigenvalue weighted by atomic mass is 35.5. The number of amides is 2. The van der Waals surface area contributed by atoms with Gasteiger partial charge in [-0.3, -0.25) is 14.6 Å². The predicted molar refractivity (Wildman–Crippen MR) is 133 cm³/mol. The number of carbonyl (C=O) groups excluding carboxylic acids is 2. The first-order valence-electron chi connectivity index (χ1n) is 11.3. The van der Waals surface area contributed by atoms with Gasteiger partial charge >= 0.3 is 0 Å². The van der Waals surface area contributed by atoms with Gasteiger partial charge < -0.3 is 15.7 Å². The van der Waals surface area contributed by atoms with E-state index in [1.165, 1.54) is 41.2 Å². The number of aliphatic hydroxyl groups is 1. The van der Waals surface area contributed by atoms with Crippen LogP contribution in [0.15, 0.2) is 72.9 Å². The molecule has 10 heteroatoms. The molecule has 0 bridgehead atoms. The molecular formula is C26H21ClFN5O3. The predicted octanol–water partition coefficient (Wildman–Crippen LogP) is 4.23. The third kappa shape index (κ3) is 4.84. The summed E-state index contributed by atoms with van der Waals surface area (Å²) in [4.78, 5) is 30.1.